The van der Waals surface area contributed by atoms with Crippen LogP contribution in [-0.4, -0.2) is 18.4 Å². The average molecular weight is 531 g/mol. The van der Waals surface area contributed by atoms with Gasteiger partial charge in [0, 0.05) is 5.57 Å². The van der Waals surface area contributed by atoms with Crippen LogP contribution in [0.15, 0.2) is 121 Å². The number of hydrogen-bond donors (Lipinski definition) is 0. The van der Waals surface area contributed by atoms with Gasteiger partial charge in [0.1, 0.15) is 11.4 Å². The Labute approximate surface area is 235 Å². The third-order valence-electron chi connectivity index (χ3n) is 8.04. The SMILES string of the molecule is CC[C@H]1O[C@@H](CC)[C@](C2=CC(OC(=O)c3ccccc3)=C(c3ccccc3)CC2)(c2cccc3ccccc23)O1. The second-order valence-electron chi connectivity index (χ2n) is 10.4. The topological polar surface area (TPSA) is 44.8 Å². The van der Waals surface area contributed by atoms with Gasteiger partial charge in [0.15, 0.2) is 6.29 Å². The number of esters is 1. The van der Waals surface area contributed by atoms with E-state index in [1.54, 1.807) is 12.1 Å². The smallest absolute Gasteiger partial charge is 0.343 e. The lowest BCUT2D eigenvalue weighted by Crippen LogP contribution is -2.40. The van der Waals surface area contributed by atoms with Crippen molar-refractivity contribution >= 4 is 22.3 Å². The number of hydrogen-bond acceptors (Lipinski definition) is 4. The van der Waals surface area contributed by atoms with Crippen LogP contribution >= 0.6 is 0 Å². The molecule has 0 unspecified atom stereocenters. The third-order valence-corrected chi connectivity index (χ3v) is 8.04. The van der Waals surface area contributed by atoms with E-state index in [9.17, 15) is 4.79 Å². The first-order chi connectivity index (χ1) is 19.6. The van der Waals surface area contributed by atoms with E-state index in [4.69, 9.17) is 14.2 Å². The van der Waals surface area contributed by atoms with Gasteiger partial charge in [-0.2, -0.15) is 0 Å². The Hall–Kier alpha value is -3.99. The maximum atomic E-state index is 13.3. The number of carbonyl (C=O) groups excluding carboxylic acids is 1. The fourth-order valence-electron chi connectivity index (χ4n) is 6.14. The van der Waals surface area contributed by atoms with Gasteiger partial charge in [-0.25, -0.2) is 4.79 Å². The molecule has 4 heteroatoms. The summed E-state index contributed by atoms with van der Waals surface area (Å²) in [5.74, 6) is 0.196. The van der Waals surface area contributed by atoms with Gasteiger partial charge in [0.25, 0.3) is 0 Å². The monoisotopic (exact) mass is 530 g/mol. The number of rotatable bonds is 7. The molecule has 0 saturated carbocycles. The van der Waals surface area contributed by atoms with Crippen LogP contribution in [0.5, 0.6) is 0 Å². The summed E-state index contributed by atoms with van der Waals surface area (Å²) >= 11 is 0. The minimum atomic E-state index is -0.803. The van der Waals surface area contributed by atoms with E-state index in [2.05, 4.69) is 74.5 Å². The summed E-state index contributed by atoms with van der Waals surface area (Å²) in [5.41, 5.74) is 3.95. The molecule has 4 aromatic rings. The number of allylic oxidation sites excluding steroid dienone is 2. The zero-order chi connectivity index (χ0) is 27.5. The molecular weight excluding hydrogens is 496 g/mol. The summed E-state index contributed by atoms with van der Waals surface area (Å²) < 4.78 is 19.7. The van der Waals surface area contributed by atoms with E-state index in [0.717, 1.165) is 58.7 Å². The van der Waals surface area contributed by atoms with E-state index in [1.165, 1.54) is 0 Å². The molecule has 202 valence electrons. The van der Waals surface area contributed by atoms with E-state index in [0.29, 0.717) is 11.3 Å². The second-order valence-corrected chi connectivity index (χ2v) is 10.4. The van der Waals surface area contributed by atoms with Crippen LogP contribution in [0.3, 0.4) is 0 Å². The van der Waals surface area contributed by atoms with Crippen LogP contribution in [0.1, 0.15) is 61.0 Å². The fraction of sp³-hybridized carbons (Fsp3) is 0.250. The number of carbonyl (C=O) groups is 1. The number of ether oxygens (including phenoxy) is 3. The zero-order valence-corrected chi connectivity index (χ0v) is 23.0. The molecule has 0 radical (unpaired) electrons. The highest BCUT2D eigenvalue weighted by atomic mass is 16.7. The van der Waals surface area contributed by atoms with Gasteiger partial charge >= 0.3 is 5.97 Å². The van der Waals surface area contributed by atoms with E-state index >= 15 is 0 Å². The summed E-state index contributed by atoms with van der Waals surface area (Å²) in [6.07, 6.45) is 4.56. The molecule has 4 aromatic carbocycles. The molecule has 0 amide bonds. The van der Waals surface area contributed by atoms with Crippen LogP contribution in [0.4, 0.5) is 0 Å². The molecule has 3 atom stereocenters. The summed E-state index contributed by atoms with van der Waals surface area (Å²) in [6.45, 7) is 4.24. The minimum Gasteiger partial charge on any atom is -0.423 e. The van der Waals surface area contributed by atoms with Crippen LogP contribution < -0.4 is 0 Å². The molecule has 1 saturated heterocycles. The second kappa shape index (κ2) is 11.2. The van der Waals surface area contributed by atoms with Crippen LogP contribution in [0.2, 0.25) is 0 Å². The zero-order valence-electron chi connectivity index (χ0n) is 23.0. The van der Waals surface area contributed by atoms with Gasteiger partial charge in [-0.1, -0.05) is 105 Å². The van der Waals surface area contributed by atoms with E-state index < -0.39 is 5.60 Å². The Morgan fingerprint density at radius 1 is 0.825 bits per heavy atom. The lowest BCUT2D eigenvalue weighted by molar-refractivity contribution is -0.0838. The Morgan fingerprint density at radius 3 is 2.27 bits per heavy atom. The number of benzene rings is 4. The normalized spacial score (nSPS) is 22.8. The van der Waals surface area contributed by atoms with Gasteiger partial charge < -0.3 is 14.2 Å². The summed E-state index contributed by atoms with van der Waals surface area (Å²) in [7, 11) is 0. The predicted molar refractivity (Wildman–Crippen MR) is 158 cm³/mol. The standard InChI is InChI=1S/C36H34O4/c1-3-33-36(40-34(4-2)39-33,31-21-13-19-25-16-11-12-20-29(25)31)28-22-23-30(26-14-7-5-8-15-26)32(24-28)38-35(37)27-17-9-6-10-18-27/h5-21,24,33-34H,3-4,22-23H2,1-2H3/t33-,34-,36-/m0/s1. The fourth-order valence-corrected chi connectivity index (χ4v) is 6.14. The molecule has 0 bridgehead atoms. The Bertz CT molecular complexity index is 1570. The first-order valence-electron chi connectivity index (χ1n) is 14.2. The lowest BCUT2D eigenvalue weighted by atomic mass is 9.74. The molecule has 1 aliphatic heterocycles. The summed E-state index contributed by atoms with van der Waals surface area (Å²) in [5, 5.41) is 2.30. The third kappa shape index (κ3) is 4.68. The Morgan fingerprint density at radius 2 is 1.52 bits per heavy atom. The van der Waals surface area contributed by atoms with Gasteiger partial charge in [0.05, 0.1) is 11.7 Å². The van der Waals surface area contributed by atoms with Crippen LogP contribution in [0, 0.1) is 0 Å². The Balaban J connectivity index is 1.54. The van der Waals surface area contributed by atoms with Crippen molar-refractivity contribution in [1.29, 1.82) is 0 Å². The van der Waals surface area contributed by atoms with Gasteiger partial charge in [-0.3, -0.25) is 0 Å². The van der Waals surface area contributed by atoms with Crippen molar-refractivity contribution < 1.29 is 19.0 Å². The van der Waals surface area contributed by atoms with Crippen molar-refractivity contribution in [3.63, 3.8) is 0 Å². The van der Waals surface area contributed by atoms with Crippen LogP contribution in [-0.2, 0) is 19.8 Å². The molecule has 0 aromatic heterocycles. The summed E-state index contributed by atoms with van der Waals surface area (Å²) in [6, 6.07) is 34.2. The highest BCUT2D eigenvalue weighted by molar-refractivity contribution is 5.91. The molecule has 0 spiro atoms. The quantitative estimate of drug-likeness (QED) is 0.225. The maximum Gasteiger partial charge on any atom is 0.343 e. The van der Waals surface area contributed by atoms with Crippen molar-refractivity contribution in [1.82, 2.24) is 0 Å². The van der Waals surface area contributed by atoms with E-state index in [-0.39, 0.29) is 18.4 Å². The molecule has 1 aliphatic carbocycles. The van der Waals surface area contributed by atoms with Crippen molar-refractivity contribution in [2.45, 2.75) is 57.5 Å². The minimum absolute atomic E-state index is 0.182. The average Bonchev–Trinajstić information content (AvgIpc) is 3.41. The molecule has 0 N–H and O–H groups in total. The van der Waals surface area contributed by atoms with Crippen molar-refractivity contribution in [3.05, 3.63) is 137 Å². The van der Waals surface area contributed by atoms with Crippen LogP contribution in [0.25, 0.3) is 16.3 Å². The predicted octanol–water partition coefficient (Wildman–Crippen LogP) is 8.59. The molecule has 6 rings (SSSR count). The molecule has 40 heavy (non-hydrogen) atoms. The highest BCUT2D eigenvalue weighted by Crippen LogP contribution is 2.52. The first kappa shape index (κ1) is 26.2. The Kier molecular flexibility index (Phi) is 7.38. The molecule has 1 fully saturated rings. The number of fused-ring (bicyclic) bond motifs is 1. The van der Waals surface area contributed by atoms with E-state index in [1.807, 2.05) is 36.4 Å². The molecule has 1 heterocycles. The van der Waals surface area contributed by atoms with Crippen molar-refractivity contribution in [2.24, 2.45) is 0 Å². The molecule has 2 aliphatic rings. The molecule has 4 nitrogen and oxygen atoms in total. The molecular formula is C36H34O4. The van der Waals surface area contributed by atoms with Gasteiger partial charge in [-0.05, 0) is 71.4 Å². The van der Waals surface area contributed by atoms with Crippen molar-refractivity contribution in [3.8, 4) is 0 Å². The van der Waals surface area contributed by atoms with Gasteiger partial charge in [0.2, 0.25) is 0 Å². The first-order valence-corrected chi connectivity index (χ1v) is 14.2. The maximum absolute atomic E-state index is 13.3. The largest absolute Gasteiger partial charge is 0.423 e. The van der Waals surface area contributed by atoms with Gasteiger partial charge in [-0.15, -0.1) is 0 Å². The van der Waals surface area contributed by atoms with Crippen molar-refractivity contribution in [2.75, 3.05) is 0 Å². The lowest BCUT2D eigenvalue weighted by Gasteiger charge is -2.38. The summed E-state index contributed by atoms with van der Waals surface area (Å²) in [4.78, 5) is 13.3. The highest BCUT2D eigenvalue weighted by Gasteiger charge is 2.53.